The number of aromatic nitrogens is 4. The van der Waals surface area contributed by atoms with Crippen LogP contribution in [0.3, 0.4) is 0 Å². The molecule has 3 rings (SSSR count). The number of rotatable bonds is 5. The molecule has 1 amide bonds. The van der Waals surface area contributed by atoms with Crippen molar-refractivity contribution in [2.45, 2.75) is 33.9 Å². The van der Waals surface area contributed by atoms with Gasteiger partial charge in [-0.3, -0.25) is 4.79 Å². The van der Waals surface area contributed by atoms with Gasteiger partial charge in [-0.25, -0.2) is 14.1 Å². The smallest absolute Gasteiger partial charge is 0.257 e. The fourth-order valence-electron chi connectivity index (χ4n) is 3.04. The van der Waals surface area contributed by atoms with Gasteiger partial charge in [-0.15, -0.1) is 0 Å². The number of amides is 1. The third kappa shape index (κ3) is 3.24. The van der Waals surface area contributed by atoms with Gasteiger partial charge in [0.05, 0.1) is 29.2 Å². The van der Waals surface area contributed by atoms with E-state index in [1.165, 1.54) is 12.1 Å². The summed E-state index contributed by atoms with van der Waals surface area (Å²) in [6.07, 6.45) is 3.64. The molecule has 0 N–H and O–H groups in total. The minimum atomic E-state index is -0.308. The molecule has 136 valence electrons. The molecule has 0 aliphatic rings. The second-order valence-corrected chi connectivity index (χ2v) is 6.22. The third-order valence-electron chi connectivity index (χ3n) is 4.44. The second-order valence-electron chi connectivity index (χ2n) is 6.22. The number of aryl methyl sites for hydroxylation is 2. The highest BCUT2D eigenvalue weighted by Crippen LogP contribution is 2.20. The number of halogens is 1. The van der Waals surface area contributed by atoms with Crippen LogP contribution in [0.2, 0.25) is 0 Å². The molecule has 0 fully saturated rings. The van der Waals surface area contributed by atoms with Crippen molar-refractivity contribution >= 4 is 5.91 Å². The first kappa shape index (κ1) is 17.8. The number of hydrogen-bond donors (Lipinski definition) is 0. The minimum absolute atomic E-state index is 0.112. The molecule has 0 spiro atoms. The first-order chi connectivity index (χ1) is 12.4. The van der Waals surface area contributed by atoms with Crippen LogP contribution < -0.4 is 0 Å². The Hall–Kier alpha value is -2.96. The number of carbonyl (C=O) groups is 1. The highest BCUT2D eigenvalue weighted by atomic mass is 19.1. The fraction of sp³-hybridized carbons (Fsp3) is 0.316. The maximum absolute atomic E-state index is 13.2. The molecule has 0 aliphatic carbocycles. The molecule has 0 atom stereocenters. The van der Waals surface area contributed by atoms with Gasteiger partial charge < -0.3 is 9.47 Å². The molecule has 7 heteroatoms. The van der Waals surface area contributed by atoms with Gasteiger partial charge in [0.2, 0.25) is 0 Å². The lowest BCUT2D eigenvalue weighted by Gasteiger charge is -2.17. The van der Waals surface area contributed by atoms with E-state index in [0.29, 0.717) is 17.8 Å². The van der Waals surface area contributed by atoms with Crippen LogP contribution in [-0.4, -0.2) is 37.2 Å². The van der Waals surface area contributed by atoms with Crippen LogP contribution in [0.25, 0.3) is 5.69 Å². The second kappa shape index (κ2) is 7.11. The largest absolute Gasteiger partial charge is 0.334 e. The van der Waals surface area contributed by atoms with Crippen molar-refractivity contribution in [3.63, 3.8) is 0 Å². The van der Waals surface area contributed by atoms with Crippen LogP contribution in [0.15, 0.2) is 36.7 Å². The lowest BCUT2D eigenvalue weighted by Crippen LogP contribution is -2.28. The Kier molecular flexibility index (Phi) is 4.88. The lowest BCUT2D eigenvalue weighted by atomic mass is 10.1. The summed E-state index contributed by atoms with van der Waals surface area (Å²) in [5, 5.41) is 4.47. The monoisotopic (exact) mass is 355 g/mol. The summed E-state index contributed by atoms with van der Waals surface area (Å²) in [7, 11) is 1.76. The molecule has 0 saturated heterocycles. The molecule has 0 saturated carbocycles. The van der Waals surface area contributed by atoms with Gasteiger partial charge in [0.1, 0.15) is 11.6 Å². The molecule has 1 aromatic carbocycles. The Morgan fingerprint density at radius 1 is 1.23 bits per heavy atom. The summed E-state index contributed by atoms with van der Waals surface area (Å²) < 4.78 is 16.8. The Morgan fingerprint density at radius 3 is 2.58 bits per heavy atom. The van der Waals surface area contributed by atoms with E-state index >= 15 is 0 Å². The van der Waals surface area contributed by atoms with Gasteiger partial charge in [-0.2, -0.15) is 5.10 Å². The molecular formula is C19H22FN5O. The van der Waals surface area contributed by atoms with E-state index in [9.17, 15) is 9.18 Å². The number of imidazole rings is 1. The molecule has 2 aromatic heterocycles. The fourth-order valence-corrected chi connectivity index (χ4v) is 3.04. The van der Waals surface area contributed by atoms with Crippen molar-refractivity contribution in [3.8, 4) is 5.69 Å². The Balaban J connectivity index is 1.89. The average Bonchev–Trinajstić information content (AvgIpc) is 3.18. The average molecular weight is 355 g/mol. The molecule has 0 unspecified atom stereocenters. The SMILES string of the molecule is CCn1ccnc1CN(C)C(=O)c1c(C)nn(-c2ccc(F)cc2)c1C. The summed E-state index contributed by atoms with van der Waals surface area (Å²) >= 11 is 0. The molecule has 0 radical (unpaired) electrons. The van der Waals surface area contributed by atoms with E-state index in [-0.39, 0.29) is 11.7 Å². The van der Waals surface area contributed by atoms with E-state index in [0.717, 1.165) is 23.8 Å². The van der Waals surface area contributed by atoms with Gasteiger partial charge in [0, 0.05) is 26.0 Å². The van der Waals surface area contributed by atoms with Gasteiger partial charge >= 0.3 is 0 Å². The Bertz CT molecular complexity index is 926. The van der Waals surface area contributed by atoms with Crippen LogP contribution in [0.4, 0.5) is 4.39 Å². The van der Waals surface area contributed by atoms with Crippen molar-refractivity contribution in [1.29, 1.82) is 0 Å². The van der Waals surface area contributed by atoms with Crippen molar-refractivity contribution in [3.05, 3.63) is 65.3 Å². The molecule has 6 nitrogen and oxygen atoms in total. The number of carbonyl (C=O) groups excluding carboxylic acids is 1. The van der Waals surface area contributed by atoms with Crippen LogP contribution >= 0.6 is 0 Å². The summed E-state index contributed by atoms with van der Waals surface area (Å²) in [6.45, 7) is 6.91. The quantitative estimate of drug-likeness (QED) is 0.707. The first-order valence-corrected chi connectivity index (χ1v) is 8.50. The molecular weight excluding hydrogens is 333 g/mol. The first-order valence-electron chi connectivity index (χ1n) is 8.50. The third-order valence-corrected chi connectivity index (χ3v) is 4.44. The Morgan fingerprint density at radius 2 is 1.92 bits per heavy atom. The Labute approximate surface area is 151 Å². The van der Waals surface area contributed by atoms with Crippen LogP contribution in [0, 0.1) is 19.7 Å². The molecule has 3 aromatic rings. The highest BCUT2D eigenvalue weighted by molar-refractivity contribution is 5.96. The number of nitrogens with zero attached hydrogens (tertiary/aromatic N) is 5. The molecule has 26 heavy (non-hydrogen) atoms. The highest BCUT2D eigenvalue weighted by Gasteiger charge is 2.23. The minimum Gasteiger partial charge on any atom is -0.334 e. The van der Waals surface area contributed by atoms with Crippen LogP contribution in [-0.2, 0) is 13.1 Å². The van der Waals surface area contributed by atoms with Gasteiger partial charge in [-0.1, -0.05) is 0 Å². The van der Waals surface area contributed by atoms with E-state index in [1.807, 2.05) is 24.6 Å². The molecule has 0 aliphatic heterocycles. The summed E-state index contributed by atoms with van der Waals surface area (Å²) in [4.78, 5) is 18.9. The zero-order valence-electron chi connectivity index (χ0n) is 15.4. The topological polar surface area (TPSA) is 56.0 Å². The lowest BCUT2D eigenvalue weighted by molar-refractivity contribution is 0.0778. The van der Waals surface area contributed by atoms with Crippen molar-refractivity contribution < 1.29 is 9.18 Å². The predicted octanol–water partition coefficient (Wildman–Crippen LogP) is 3.12. The van der Waals surface area contributed by atoms with Crippen LogP contribution in [0.1, 0.15) is 34.5 Å². The van der Waals surface area contributed by atoms with E-state index in [2.05, 4.69) is 10.1 Å². The van der Waals surface area contributed by atoms with Gasteiger partial charge in [0.15, 0.2) is 0 Å². The maximum Gasteiger partial charge on any atom is 0.257 e. The molecule has 0 bridgehead atoms. The number of benzene rings is 1. The standard InChI is InChI=1S/C19H22FN5O/c1-5-24-11-10-21-17(24)12-23(4)19(26)18-13(2)22-25(14(18)3)16-8-6-15(20)7-9-16/h6-11H,5,12H2,1-4H3. The van der Waals surface area contributed by atoms with E-state index in [4.69, 9.17) is 0 Å². The number of hydrogen-bond acceptors (Lipinski definition) is 3. The summed E-state index contributed by atoms with van der Waals surface area (Å²) in [5.74, 6) is 0.418. The molecule has 2 heterocycles. The maximum atomic E-state index is 13.2. The normalized spacial score (nSPS) is 11.0. The van der Waals surface area contributed by atoms with Crippen LogP contribution in [0.5, 0.6) is 0 Å². The predicted molar refractivity (Wildman–Crippen MR) is 96.7 cm³/mol. The summed E-state index contributed by atoms with van der Waals surface area (Å²) in [5.41, 5.74) is 2.65. The zero-order chi connectivity index (χ0) is 18.8. The van der Waals surface area contributed by atoms with Crippen molar-refractivity contribution in [1.82, 2.24) is 24.2 Å². The summed E-state index contributed by atoms with van der Waals surface area (Å²) in [6, 6.07) is 6.05. The van der Waals surface area contributed by atoms with Gasteiger partial charge in [-0.05, 0) is 45.0 Å². The van der Waals surface area contributed by atoms with Crippen molar-refractivity contribution in [2.75, 3.05) is 7.05 Å². The van der Waals surface area contributed by atoms with E-state index in [1.54, 1.807) is 41.9 Å². The van der Waals surface area contributed by atoms with E-state index < -0.39 is 0 Å². The zero-order valence-corrected chi connectivity index (χ0v) is 15.4. The van der Waals surface area contributed by atoms with Crippen molar-refractivity contribution in [2.24, 2.45) is 0 Å². The van der Waals surface area contributed by atoms with Gasteiger partial charge in [0.25, 0.3) is 5.91 Å².